The first-order chi connectivity index (χ1) is 9.78. The average Bonchev–Trinajstić information content (AvgIpc) is 2.91. The minimum absolute atomic E-state index is 0.598. The van der Waals surface area contributed by atoms with Crippen LogP contribution in [0.1, 0.15) is 6.92 Å². The Hall–Kier alpha value is -1.92. The van der Waals surface area contributed by atoms with Crippen molar-refractivity contribution in [2.45, 2.75) is 6.92 Å². The summed E-state index contributed by atoms with van der Waals surface area (Å²) in [5.74, 6) is 1.53. The molecule has 0 radical (unpaired) electrons. The molecule has 3 aromatic rings. The molecule has 0 saturated carbocycles. The van der Waals surface area contributed by atoms with Crippen LogP contribution in [0.25, 0.3) is 11.0 Å². The van der Waals surface area contributed by atoms with Crippen molar-refractivity contribution in [1.29, 1.82) is 0 Å². The zero-order valence-corrected chi connectivity index (χ0v) is 12.3. The fourth-order valence-electron chi connectivity index (χ4n) is 1.86. The molecule has 2 N–H and O–H groups in total. The van der Waals surface area contributed by atoms with Crippen molar-refractivity contribution in [2.24, 2.45) is 0 Å². The number of nitrogens with zero attached hydrogens (tertiary/aromatic N) is 3. The molecule has 0 bridgehead atoms. The Morgan fingerprint density at radius 2 is 2.00 bits per heavy atom. The Balaban J connectivity index is 1.98. The normalized spacial score (nSPS) is 10.7. The van der Waals surface area contributed by atoms with E-state index in [1.165, 1.54) is 11.7 Å². The lowest BCUT2D eigenvalue weighted by molar-refractivity contribution is 1.16. The maximum absolute atomic E-state index is 6.24. The van der Waals surface area contributed by atoms with Crippen molar-refractivity contribution >= 4 is 51.7 Å². The smallest absolute Gasteiger partial charge is 0.132 e. The quantitative estimate of drug-likeness (QED) is 0.765. The Labute approximate surface area is 125 Å². The predicted molar refractivity (Wildman–Crippen MR) is 84.1 cm³/mol. The molecule has 0 spiro atoms. The van der Waals surface area contributed by atoms with Gasteiger partial charge in [0.2, 0.25) is 0 Å². The second kappa shape index (κ2) is 5.60. The van der Waals surface area contributed by atoms with E-state index in [0.717, 1.165) is 29.1 Å². The van der Waals surface area contributed by atoms with E-state index in [2.05, 4.69) is 24.4 Å². The van der Waals surface area contributed by atoms with E-state index in [1.807, 2.05) is 37.3 Å². The largest absolute Gasteiger partial charge is 0.370 e. The lowest BCUT2D eigenvalue weighted by Crippen LogP contribution is -2.01. The molecule has 0 unspecified atom stereocenters. The molecule has 3 rings (SSSR count). The maximum atomic E-state index is 6.24. The van der Waals surface area contributed by atoms with Crippen molar-refractivity contribution in [2.75, 3.05) is 17.2 Å². The maximum Gasteiger partial charge on any atom is 0.132 e. The number of fused-ring (bicyclic) bond motifs is 1. The predicted octanol–water partition coefficient (Wildman–Crippen LogP) is 3.92. The molecule has 102 valence electrons. The summed E-state index contributed by atoms with van der Waals surface area (Å²) in [6.45, 7) is 2.85. The molecular formula is C13H12ClN5S. The summed E-state index contributed by atoms with van der Waals surface area (Å²) in [5.41, 5.74) is 2.32. The first-order valence-electron chi connectivity index (χ1n) is 6.16. The summed E-state index contributed by atoms with van der Waals surface area (Å²) >= 11 is 7.41. The molecular weight excluding hydrogens is 294 g/mol. The van der Waals surface area contributed by atoms with Gasteiger partial charge in [0, 0.05) is 6.54 Å². The molecule has 0 aliphatic heterocycles. The minimum Gasteiger partial charge on any atom is -0.370 e. The third-order valence-electron chi connectivity index (χ3n) is 2.74. The van der Waals surface area contributed by atoms with Crippen LogP contribution in [0.5, 0.6) is 0 Å². The summed E-state index contributed by atoms with van der Waals surface area (Å²) in [6.07, 6.45) is 0. The second-order valence-electron chi connectivity index (χ2n) is 4.12. The van der Waals surface area contributed by atoms with Crippen molar-refractivity contribution in [3.8, 4) is 0 Å². The van der Waals surface area contributed by atoms with E-state index in [9.17, 15) is 0 Å². The van der Waals surface area contributed by atoms with Gasteiger partial charge >= 0.3 is 0 Å². The Bertz CT molecular complexity index is 742. The summed E-state index contributed by atoms with van der Waals surface area (Å²) < 4.78 is 8.48. The first-order valence-corrected chi connectivity index (χ1v) is 7.27. The van der Waals surface area contributed by atoms with E-state index >= 15 is 0 Å². The van der Waals surface area contributed by atoms with Crippen molar-refractivity contribution in [3.05, 3.63) is 35.4 Å². The van der Waals surface area contributed by atoms with Gasteiger partial charge in [0.1, 0.15) is 22.7 Å². The van der Waals surface area contributed by atoms with Gasteiger partial charge in [-0.1, -0.05) is 17.7 Å². The zero-order chi connectivity index (χ0) is 13.9. The Morgan fingerprint density at radius 1 is 1.15 bits per heavy atom. The Kier molecular flexibility index (Phi) is 3.66. The number of benzene rings is 1. The lowest BCUT2D eigenvalue weighted by Gasteiger charge is -2.09. The van der Waals surface area contributed by atoms with Crippen LogP contribution in [0.3, 0.4) is 0 Å². The number of hydrogen-bond donors (Lipinski definition) is 2. The van der Waals surface area contributed by atoms with Crippen LogP contribution >= 0.6 is 23.3 Å². The van der Waals surface area contributed by atoms with Gasteiger partial charge in [0.15, 0.2) is 0 Å². The summed E-state index contributed by atoms with van der Waals surface area (Å²) in [6, 6.07) is 9.40. The monoisotopic (exact) mass is 305 g/mol. The van der Waals surface area contributed by atoms with Crippen LogP contribution in [-0.2, 0) is 0 Å². The van der Waals surface area contributed by atoms with Gasteiger partial charge in [0.05, 0.1) is 22.4 Å². The fraction of sp³-hybridized carbons (Fsp3) is 0.154. The van der Waals surface area contributed by atoms with Gasteiger partial charge in [-0.25, -0.2) is 4.98 Å². The van der Waals surface area contributed by atoms with Crippen LogP contribution < -0.4 is 10.6 Å². The number of anilines is 3. The van der Waals surface area contributed by atoms with E-state index in [0.29, 0.717) is 10.8 Å². The molecule has 2 aromatic heterocycles. The second-order valence-corrected chi connectivity index (χ2v) is 5.05. The summed E-state index contributed by atoms with van der Waals surface area (Å²) in [4.78, 5) is 4.46. The molecule has 1 aromatic carbocycles. The fourth-order valence-corrected chi connectivity index (χ4v) is 2.60. The number of aromatic nitrogens is 3. The molecule has 0 aliphatic rings. The number of pyridine rings is 1. The van der Waals surface area contributed by atoms with E-state index in [1.54, 1.807) is 0 Å². The first kappa shape index (κ1) is 13.1. The molecule has 0 amide bonds. The van der Waals surface area contributed by atoms with Gasteiger partial charge < -0.3 is 10.6 Å². The summed E-state index contributed by atoms with van der Waals surface area (Å²) in [5, 5.41) is 6.99. The van der Waals surface area contributed by atoms with Crippen molar-refractivity contribution in [1.82, 2.24) is 13.7 Å². The molecule has 5 nitrogen and oxygen atoms in total. The lowest BCUT2D eigenvalue weighted by atomic mass is 10.2. The van der Waals surface area contributed by atoms with Gasteiger partial charge in [-0.05, 0) is 31.2 Å². The molecule has 0 aliphatic carbocycles. The third-order valence-corrected chi connectivity index (χ3v) is 3.59. The zero-order valence-electron chi connectivity index (χ0n) is 10.7. The van der Waals surface area contributed by atoms with Crippen LogP contribution in [-0.4, -0.2) is 20.3 Å². The molecule has 7 heteroatoms. The topological polar surface area (TPSA) is 62.7 Å². The molecule has 0 atom stereocenters. The van der Waals surface area contributed by atoms with Gasteiger partial charge in [-0.3, -0.25) is 0 Å². The number of rotatable bonds is 4. The van der Waals surface area contributed by atoms with E-state index in [-0.39, 0.29) is 0 Å². The highest BCUT2D eigenvalue weighted by molar-refractivity contribution is 7.00. The standard InChI is InChI=1S/C13H12ClN5S/c1-2-15-10-4-3-5-11(16-10)17-12-8(14)6-7-9-13(12)19-20-18-9/h3-7H,2H2,1H3,(H2,15,16,17). The molecule has 0 saturated heterocycles. The third kappa shape index (κ3) is 2.52. The number of nitrogens with one attached hydrogen (secondary N) is 2. The minimum atomic E-state index is 0.598. The van der Waals surface area contributed by atoms with Crippen LogP contribution in [0.15, 0.2) is 30.3 Å². The highest BCUT2D eigenvalue weighted by Gasteiger charge is 2.10. The van der Waals surface area contributed by atoms with Crippen molar-refractivity contribution < 1.29 is 0 Å². The SMILES string of the molecule is CCNc1cccc(Nc2c(Cl)ccc3nsnc23)n1. The van der Waals surface area contributed by atoms with Crippen molar-refractivity contribution in [3.63, 3.8) is 0 Å². The van der Waals surface area contributed by atoms with Gasteiger partial charge in [0.25, 0.3) is 0 Å². The van der Waals surface area contributed by atoms with E-state index in [4.69, 9.17) is 11.6 Å². The van der Waals surface area contributed by atoms with Crippen LogP contribution in [0, 0.1) is 0 Å². The van der Waals surface area contributed by atoms with E-state index < -0.39 is 0 Å². The summed E-state index contributed by atoms with van der Waals surface area (Å²) in [7, 11) is 0. The number of halogens is 1. The molecule has 0 fully saturated rings. The van der Waals surface area contributed by atoms with Crippen LogP contribution in [0.4, 0.5) is 17.3 Å². The highest BCUT2D eigenvalue weighted by Crippen LogP contribution is 2.32. The van der Waals surface area contributed by atoms with Crippen LogP contribution in [0.2, 0.25) is 5.02 Å². The average molecular weight is 306 g/mol. The Morgan fingerprint density at radius 3 is 2.85 bits per heavy atom. The highest BCUT2D eigenvalue weighted by atomic mass is 35.5. The van der Waals surface area contributed by atoms with Gasteiger partial charge in [-0.15, -0.1) is 0 Å². The molecule has 20 heavy (non-hydrogen) atoms. The number of hydrogen-bond acceptors (Lipinski definition) is 6. The van der Waals surface area contributed by atoms with Gasteiger partial charge in [-0.2, -0.15) is 8.75 Å². The molecule has 2 heterocycles.